The molecule has 27 heteroatoms. The van der Waals surface area contributed by atoms with Crippen molar-refractivity contribution in [2.75, 3.05) is 25.1 Å². The molecule has 1 aromatic carbocycles. The number of aliphatic hydroxyl groups is 1. The zero-order valence-corrected chi connectivity index (χ0v) is 37.8. The minimum Gasteiger partial charge on any atom is -0.408 e. The van der Waals surface area contributed by atoms with Gasteiger partial charge >= 0.3 is 16.1 Å². The first-order chi connectivity index (χ1) is 30.4. The number of fused-ring (bicyclic) bond motifs is 2. The van der Waals surface area contributed by atoms with E-state index in [2.05, 4.69) is 30.2 Å². The quantitative estimate of drug-likeness (QED) is 0.0559. The molecule has 0 radical (unpaired) electrons. The number of carbonyl (C=O) groups is 1. The lowest BCUT2D eigenvalue weighted by Gasteiger charge is -2.40. The van der Waals surface area contributed by atoms with E-state index in [1.807, 2.05) is 39.9 Å². The maximum atomic E-state index is 16.5. The van der Waals surface area contributed by atoms with Crippen LogP contribution in [0, 0.1) is 17.1 Å². The molecule has 0 bridgehead atoms. The van der Waals surface area contributed by atoms with Gasteiger partial charge in [-0.25, -0.2) is 33.3 Å². The minimum absolute atomic E-state index is 0.0132. The van der Waals surface area contributed by atoms with Gasteiger partial charge < -0.3 is 43.3 Å². The number of halogens is 2. The maximum Gasteiger partial charge on any atom is 0.475 e. The number of aliphatic hydroxyl groups excluding tert-OH is 1. The molecule has 5 unspecified atom stereocenters. The monoisotopic (exact) mass is 951 g/mol. The SMILES string of the molecule is CC(C)(C)[Si](C)(C)OC1C(CO)O[C@@H](n2cc(F)c3c(=O)[nH]cnc32)[C@@H]1OP(=O)(OCCC#N)OCC1O[C@@H](n2cnc3c(NC(=O)c4ccccc4)ncnc32)[C@H](F)[C@@H]1O[PH](=O)O. The molecule has 6 heterocycles. The number of phosphoric acid groups is 1. The topological polar surface area (TPSA) is 286 Å². The summed E-state index contributed by atoms with van der Waals surface area (Å²) in [6, 6.07) is 10.1. The van der Waals surface area contributed by atoms with Gasteiger partial charge in [0.25, 0.3) is 11.5 Å². The molecule has 10 atom stereocenters. The maximum absolute atomic E-state index is 16.5. The van der Waals surface area contributed by atoms with Gasteiger partial charge in [-0.05, 0) is 30.3 Å². The number of alkyl halides is 1. The minimum atomic E-state index is -5.04. The number of anilines is 1. The van der Waals surface area contributed by atoms with Crippen molar-refractivity contribution in [3.05, 3.63) is 77.2 Å². The summed E-state index contributed by atoms with van der Waals surface area (Å²) in [6.07, 6.45) is -9.04. The number of aromatic nitrogens is 7. The molecule has 344 valence electrons. The lowest BCUT2D eigenvalue weighted by Crippen LogP contribution is -2.50. The fraction of sp³-hybridized carbons (Fsp3) is 0.486. The van der Waals surface area contributed by atoms with Crippen LogP contribution in [0.1, 0.15) is 50.0 Å². The van der Waals surface area contributed by atoms with Gasteiger partial charge in [0.15, 0.2) is 55.4 Å². The number of benzene rings is 1. The second-order valence-electron chi connectivity index (χ2n) is 16.2. The number of hydrogen-bond donors (Lipinski definition) is 4. The summed E-state index contributed by atoms with van der Waals surface area (Å²) in [6.45, 7) is 7.50. The summed E-state index contributed by atoms with van der Waals surface area (Å²) in [5.41, 5.74) is -0.667. The van der Waals surface area contributed by atoms with E-state index in [1.54, 1.807) is 30.3 Å². The molecule has 4 N–H and O–H groups in total. The molecule has 0 aliphatic carbocycles. The van der Waals surface area contributed by atoms with Crippen LogP contribution < -0.4 is 10.9 Å². The highest BCUT2D eigenvalue weighted by atomic mass is 31.2. The largest absolute Gasteiger partial charge is 0.475 e. The number of H-pyrrole nitrogens is 1. The Kier molecular flexibility index (Phi) is 14.1. The Morgan fingerprint density at radius 1 is 1.06 bits per heavy atom. The predicted octanol–water partition coefficient (Wildman–Crippen LogP) is 4.68. The second-order valence-corrected chi connectivity index (χ2v) is 23.3. The van der Waals surface area contributed by atoms with Gasteiger partial charge in [0, 0.05) is 11.8 Å². The Bertz CT molecular complexity index is 2660. The van der Waals surface area contributed by atoms with Crippen LogP contribution in [0.15, 0.2) is 60.3 Å². The second kappa shape index (κ2) is 19.0. The van der Waals surface area contributed by atoms with Gasteiger partial charge in [0.2, 0.25) is 0 Å². The molecule has 2 aliphatic rings. The summed E-state index contributed by atoms with van der Waals surface area (Å²) in [7, 11) is -11.7. The number of phosphoric ester groups is 1. The van der Waals surface area contributed by atoms with Crippen LogP contribution in [0.2, 0.25) is 18.1 Å². The molecule has 2 aliphatic heterocycles. The Morgan fingerprint density at radius 2 is 1.80 bits per heavy atom. The molecule has 7 rings (SSSR count). The summed E-state index contributed by atoms with van der Waals surface area (Å²) >= 11 is 0. The molecule has 4 aromatic heterocycles. The molecule has 1 amide bonds. The average molecular weight is 952 g/mol. The predicted molar refractivity (Wildman–Crippen MR) is 223 cm³/mol. The van der Waals surface area contributed by atoms with Crippen molar-refractivity contribution in [2.24, 2.45) is 0 Å². The fourth-order valence-corrected chi connectivity index (χ4v) is 10.1. The van der Waals surface area contributed by atoms with Crippen LogP contribution in [0.25, 0.3) is 22.2 Å². The highest BCUT2D eigenvalue weighted by Gasteiger charge is 2.55. The lowest BCUT2D eigenvalue weighted by atomic mass is 10.1. The van der Waals surface area contributed by atoms with E-state index in [-0.39, 0.29) is 29.0 Å². The number of nitrogens with one attached hydrogen (secondary N) is 2. The summed E-state index contributed by atoms with van der Waals surface area (Å²) < 4.78 is 103. The molecule has 5 aromatic rings. The van der Waals surface area contributed by atoms with Crippen molar-refractivity contribution in [2.45, 2.75) is 94.5 Å². The first-order valence-electron chi connectivity index (χ1n) is 19.7. The Balaban J connectivity index is 1.21. The summed E-state index contributed by atoms with van der Waals surface area (Å²) in [4.78, 5) is 54.4. The Hall–Kier alpha value is -4.67. The van der Waals surface area contributed by atoms with E-state index < -0.39 is 121 Å². The van der Waals surface area contributed by atoms with Crippen molar-refractivity contribution >= 4 is 58.3 Å². The van der Waals surface area contributed by atoms with Crippen molar-refractivity contribution in [1.82, 2.24) is 34.1 Å². The number of nitriles is 1. The number of hydrogen-bond acceptors (Lipinski definition) is 17. The first-order valence-corrected chi connectivity index (χ1v) is 25.3. The average Bonchev–Trinajstić information content (AvgIpc) is 4.00. The molecule has 64 heavy (non-hydrogen) atoms. The van der Waals surface area contributed by atoms with Crippen LogP contribution in [0.3, 0.4) is 0 Å². The van der Waals surface area contributed by atoms with E-state index >= 15 is 8.78 Å². The van der Waals surface area contributed by atoms with Gasteiger partial charge in [-0.3, -0.25) is 32.3 Å². The number of nitrogens with zero attached hydrogens (tertiary/aromatic N) is 7. The van der Waals surface area contributed by atoms with Crippen LogP contribution in [0.5, 0.6) is 0 Å². The van der Waals surface area contributed by atoms with Gasteiger partial charge in [-0.2, -0.15) is 5.26 Å². The highest BCUT2D eigenvalue weighted by molar-refractivity contribution is 7.48. The van der Waals surface area contributed by atoms with Gasteiger partial charge in [0.05, 0.1) is 45.0 Å². The van der Waals surface area contributed by atoms with E-state index in [0.717, 1.165) is 34.3 Å². The number of aromatic amines is 1. The third kappa shape index (κ3) is 9.64. The fourth-order valence-electron chi connectivity index (χ4n) is 6.92. The first kappa shape index (κ1) is 47.3. The van der Waals surface area contributed by atoms with Gasteiger partial charge in [-0.15, -0.1) is 0 Å². The van der Waals surface area contributed by atoms with Gasteiger partial charge in [-0.1, -0.05) is 39.0 Å². The molecule has 2 saturated heterocycles. The Labute approximate surface area is 364 Å². The molecule has 2 fully saturated rings. The van der Waals surface area contributed by atoms with Crippen LogP contribution in [-0.4, -0.2) is 115 Å². The van der Waals surface area contributed by atoms with Gasteiger partial charge in [0.1, 0.15) is 42.2 Å². The molecule has 0 saturated carbocycles. The van der Waals surface area contributed by atoms with Crippen LogP contribution >= 0.6 is 16.1 Å². The zero-order valence-electron chi connectivity index (χ0n) is 34.9. The van der Waals surface area contributed by atoms with E-state index in [1.165, 1.54) is 0 Å². The summed E-state index contributed by atoms with van der Waals surface area (Å²) in [5.74, 6) is -1.52. The number of imidazole rings is 1. The van der Waals surface area contributed by atoms with E-state index in [4.69, 9.17) is 32.0 Å². The highest BCUT2D eigenvalue weighted by Crippen LogP contribution is 2.56. The van der Waals surface area contributed by atoms with Crippen LogP contribution in [0.4, 0.5) is 14.6 Å². The molecule has 22 nitrogen and oxygen atoms in total. The summed E-state index contributed by atoms with van der Waals surface area (Å²) in [5, 5.41) is 21.7. The van der Waals surface area contributed by atoms with Crippen molar-refractivity contribution in [3.8, 4) is 6.07 Å². The number of rotatable bonds is 17. The number of amides is 1. The third-order valence-electron chi connectivity index (χ3n) is 11.1. The standard InChI is InChI=1S/C37H45F2N9O13P2Si/c1-37(2,3)64(4,5)61-28-22(15-49)57-36(47-14-21(38)24-31(47)42-18-44-34(24)51)29(28)60-63(54,55-13-9-12-40)56-16-23-27(59-62(52)53)25(39)35(58-23)48-19-45-26-30(41-17-43-32(26)48)46-33(50)20-10-7-6-8-11-20/h6-8,10-11,14,17-19,22-23,25,27-29,35-36,49,62H,9,13,15-16H2,1-5H3,(H,52,53)(H,42,44,51)(H,41,43,46,50)/t22?,23?,25-,27-,28?,29-,35-,36-,63?/m1/s1. The molecular weight excluding hydrogens is 906 g/mol. The zero-order chi connectivity index (χ0) is 46.1. The lowest BCUT2D eigenvalue weighted by molar-refractivity contribution is -0.0614. The normalized spacial score (nSPS) is 25.4. The van der Waals surface area contributed by atoms with Crippen molar-refractivity contribution < 1.29 is 64.7 Å². The van der Waals surface area contributed by atoms with E-state index in [9.17, 15) is 34.0 Å². The molecule has 0 spiro atoms. The number of carbonyl (C=O) groups excluding carboxylic acids is 1. The van der Waals surface area contributed by atoms with Crippen LogP contribution in [-0.2, 0) is 41.1 Å². The number of ether oxygens (including phenoxy) is 2. The molecular formula is C37H45F2N9O13P2Si. The van der Waals surface area contributed by atoms with Crippen molar-refractivity contribution in [1.29, 1.82) is 5.26 Å². The van der Waals surface area contributed by atoms with Crippen molar-refractivity contribution in [3.63, 3.8) is 0 Å². The third-order valence-corrected chi connectivity index (χ3v) is 17.5. The smallest absolute Gasteiger partial charge is 0.408 e. The van der Waals surface area contributed by atoms with E-state index in [0.29, 0.717) is 5.56 Å². The Morgan fingerprint density at radius 3 is 2.48 bits per heavy atom.